The number of hydrogen-bond donors (Lipinski definition) is 1. The minimum atomic E-state index is -4.54. The summed E-state index contributed by atoms with van der Waals surface area (Å²) in [5, 5.41) is 2.96. The number of hydrogen-bond acceptors (Lipinski definition) is 4. The highest BCUT2D eigenvalue weighted by Gasteiger charge is 2.31. The average molecular weight is 411 g/mol. The first-order valence-corrected chi connectivity index (χ1v) is 9.84. The first kappa shape index (κ1) is 20.4. The summed E-state index contributed by atoms with van der Waals surface area (Å²) in [6, 6.07) is 4.21. The fourth-order valence-corrected chi connectivity index (χ4v) is 4.61. The zero-order valence-corrected chi connectivity index (χ0v) is 16.1. The van der Waals surface area contributed by atoms with E-state index in [1.807, 2.05) is 0 Å². The summed E-state index contributed by atoms with van der Waals surface area (Å²) < 4.78 is 43.6. The molecule has 4 nitrogen and oxygen atoms in total. The van der Waals surface area contributed by atoms with Gasteiger partial charge in [0.25, 0.3) is 5.91 Å². The maximum Gasteiger partial charge on any atom is 0.416 e. The van der Waals surface area contributed by atoms with Crippen molar-refractivity contribution in [3.8, 4) is 0 Å². The third kappa shape index (κ3) is 4.38. The van der Waals surface area contributed by atoms with Gasteiger partial charge in [-0.05, 0) is 49.4 Å². The number of rotatable bonds is 3. The highest BCUT2D eigenvalue weighted by molar-refractivity contribution is 7.17. The minimum absolute atomic E-state index is 0.119. The van der Waals surface area contributed by atoms with E-state index >= 15 is 0 Å². The Kier molecular flexibility index (Phi) is 6.07. The summed E-state index contributed by atoms with van der Waals surface area (Å²) in [7, 11) is 1.27. The van der Waals surface area contributed by atoms with E-state index in [1.54, 1.807) is 0 Å². The second-order valence-electron chi connectivity index (χ2n) is 6.65. The van der Waals surface area contributed by atoms with Crippen molar-refractivity contribution in [1.82, 2.24) is 0 Å². The number of fused-ring (bicyclic) bond motifs is 1. The van der Waals surface area contributed by atoms with Crippen LogP contribution in [0.1, 0.15) is 62.4 Å². The molecule has 1 heterocycles. The Bertz CT molecular complexity index is 889. The lowest BCUT2D eigenvalue weighted by atomic mass is 9.96. The number of anilines is 1. The molecule has 0 saturated heterocycles. The summed E-state index contributed by atoms with van der Waals surface area (Å²) in [5.41, 5.74) is 0.193. The van der Waals surface area contributed by atoms with E-state index in [4.69, 9.17) is 4.74 Å². The highest BCUT2D eigenvalue weighted by Crippen LogP contribution is 2.38. The van der Waals surface area contributed by atoms with Gasteiger partial charge < -0.3 is 10.1 Å². The Labute approximate surface area is 164 Å². The number of aryl methyl sites for hydroxylation is 1. The Balaban J connectivity index is 1.94. The Morgan fingerprint density at radius 1 is 1.11 bits per heavy atom. The third-order valence-corrected chi connectivity index (χ3v) is 5.95. The number of amides is 1. The minimum Gasteiger partial charge on any atom is -0.465 e. The number of halogens is 3. The molecule has 0 bridgehead atoms. The fraction of sp³-hybridized carbons (Fsp3) is 0.400. The number of methoxy groups -OCH3 is 1. The van der Waals surface area contributed by atoms with Crippen LogP contribution in [0.3, 0.4) is 0 Å². The van der Waals surface area contributed by atoms with Crippen molar-refractivity contribution in [2.75, 3.05) is 12.4 Å². The van der Waals surface area contributed by atoms with Gasteiger partial charge in [0.15, 0.2) is 0 Å². The molecule has 0 radical (unpaired) electrons. The van der Waals surface area contributed by atoms with Crippen molar-refractivity contribution in [1.29, 1.82) is 0 Å². The lowest BCUT2D eigenvalue weighted by molar-refractivity contribution is -0.137. The summed E-state index contributed by atoms with van der Waals surface area (Å²) in [6.45, 7) is 0. The molecule has 1 aromatic heterocycles. The monoisotopic (exact) mass is 411 g/mol. The molecule has 8 heteroatoms. The van der Waals surface area contributed by atoms with Gasteiger partial charge >= 0.3 is 12.1 Å². The Morgan fingerprint density at radius 3 is 2.50 bits per heavy atom. The molecule has 0 unspecified atom stereocenters. The van der Waals surface area contributed by atoms with Crippen molar-refractivity contribution in [3.63, 3.8) is 0 Å². The van der Waals surface area contributed by atoms with E-state index in [0.717, 1.165) is 61.1 Å². The lowest BCUT2D eigenvalue weighted by Crippen LogP contribution is -2.16. The van der Waals surface area contributed by atoms with Gasteiger partial charge in [0.2, 0.25) is 0 Å². The maximum atomic E-state index is 12.9. The molecule has 0 aliphatic heterocycles. The molecule has 1 amide bonds. The maximum absolute atomic E-state index is 12.9. The number of thiophene rings is 1. The van der Waals surface area contributed by atoms with E-state index in [2.05, 4.69) is 5.32 Å². The molecule has 28 heavy (non-hydrogen) atoms. The number of carbonyl (C=O) groups is 2. The summed E-state index contributed by atoms with van der Waals surface area (Å²) >= 11 is 1.31. The molecule has 1 aromatic carbocycles. The van der Waals surface area contributed by atoms with Gasteiger partial charge in [0, 0.05) is 10.4 Å². The molecular weight excluding hydrogens is 391 g/mol. The predicted octanol–water partition coefficient (Wildman–Crippen LogP) is 5.46. The zero-order valence-electron chi connectivity index (χ0n) is 15.3. The molecule has 1 aliphatic carbocycles. The van der Waals surface area contributed by atoms with Gasteiger partial charge in [-0.1, -0.05) is 18.9 Å². The standard InChI is InChI=1S/C20H20F3NO3S/c1-27-19(26)16-14-9-4-2-3-5-10-15(14)28-18(16)24-17(25)12-7-6-8-13(11-12)20(21,22)23/h6-8,11H,2-5,9-10H2,1H3,(H,24,25). The smallest absolute Gasteiger partial charge is 0.416 e. The summed E-state index contributed by atoms with van der Waals surface area (Å²) in [4.78, 5) is 26.0. The molecule has 0 atom stereocenters. The number of nitrogens with one attached hydrogen (secondary N) is 1. The van der Waals surface area contributed by atoms with Gasteiger partial charge in [-0.2, -0.15) is 13.2 Å². The van der Waals surface area contributed by atoms with E-state index in [-0.39, 0.29) is 5.56 Å². The highest BCUT2D eigenvalue weighted by atomic mass is 32.1. The summed E-state index contributed by atoms with van der Waals surface area (Å²) in [5.74, 6) is -1.23. The first-order chi connectivity index (χ1) is 13.3. The number of carbonyl (C=O) groups excluding carboxylic acids is 2. The van der Waals surface area contributed by atoms with Gasteiger partial charge in [-0.3, -0.25) is 4.79 Å². The quantitative estimate of drug-likeness (QED) is 0.682. The molecule has 0 fully saturated rings. The first-order valence-electron chi connectivity index (χ1n) is 9.02. The van der Waals surface area contributed by atoms with E-state index < -0.39 is 23.6 Å². The number of esters is 1. The second-order valence-corrected chi connectivity index (χ2v) is 7.75. The fourth-order valence-electron chi connectivity index (χ4n) is 3.34. The number of ether oxygens (including phenoxy) is 1. The van der Waals surface area contributed by atoms with Gasteiger partial charge in [-0.25, -0.2) is 4.79 Å². The van der Waals surface area contributed by atoms with E-state index in [0.29, 0.717) is 10.6 Å². The van der Waals surface area contributed by atoms with E-state index in [9.17, 15) is 22.8 Å². The number of benzene rings is 1. The van der Waals surface area contributed by atoms with Crippen molar-refractivity contribution >= 4 is 28.2 Å². The van der Waals surface area contributed by atoms with Crippen LogP contribution >= 0.6 is 11.3 Å². The van der Waals surface area contributed by atoms with Gasteiger partial charge in [0.05, 0.1) is 18.2 Å². The Hall–Kier alpha value is -2.35. The summed E-state index contributed by atoms with van der Waals surface area (Å²) in [6.07, 6.45) is 1.10. The molecule has 2 aromatic rings. The second kappa shape index (κ2) is 8.34. The molecule has 0 saturated carbocycles. The molecular formula is C20H20F3NO3S. The number of alkyl halides is 3. The largest absolute Gasteiger partial charge is 0.465 e. The van der Waals surface area contributed by atoms with Crippen LogP contribution < -0.4 is 5.32 Å². The van der Waals surface area contributed by atoms with Crippen LogP contribution in [0.5, 0.6) is 0 Å². The zero-order chi connectivity index (χ0) is 20.3. The van der Waals surface area contributed by atoms with Crippen LogP contribution in [-0.2, 0) is 23.8 Å². The van der Waals surface area contributed by atoms with Crippen LogP contribution in [-0.4, -0.2) is 19.0 Å². The van der Waals surface area contributed by atoms with Crippen LogP contribution in [0.15, 0.2) is 24.3 Å². The predicted molar refractivity (Wildman–Crippen MR) is 101 cm³/mol. The SMILES string of the molecule is COC(=O)c1c(NC(=O)c2cccc(C(F)(F)F)c2)sc2c1CCCCCC2. The van der Waals surface area contributed by atoms with Gasteiger partial charge in [-0.15, -0.1) is 11.3 Å². The van der Waals surface area contributed by atoms with Crippen LogP contribution in [0.25, 0.3) is 0 Å². The average Bonchev–Trinajstić information content (AvgIpc) is 2.96. The Morgan fingerprint density at radius 2 is 1.82 bits per heavy atom. The lowest BCUT2D eigenvalue weighted by Gasteiger charge is -2.11. The van der Waals surface area contributed by atoms with Crippen molar-refractivity contribution in [2.45, 2.75) is 44.7 Å². The molecule has 3 rings (SSSR count). The van der Waals surface area contributed by atoms with Crippen molar-refractivity contribution in [2.24, 2.45) is 0 Å². The van der Waals surface area contributed by atoms with Crippen molar-refractivity contribution < 1.29 is 27.5 Å². The van der Waals surface area contributed by atoms with Crippen LogP contribution in [0.2, 0.25) is 0 Å². The normalized spacial score (nSPS) is 14.6. The van der Waals surface area contributed by atoms with Crippen molar-refractivity contribution in [3.05, 3.63) is 51.4 Å². The van der Waals surface area contributed by atoms with Gasteiger partial charge in [0.1, 0.15) is 5.00 Å². The molecule has 0 spiro atoms. The molecule has 1 N–H and O–H groups in total. The topological polar surface area (TPSA) is 55.4 Å². The van der Waals surface area contributed by atoms with Crippen LogP contribution in [0, 0.1) is 0 Å². The van der Waals surface area contributed by atoms with Crippen LogP contribution in [0.4, 0.5) is 18.2 Å². The molecule has 1 aliphatic rings. The third-order valence-electron chi connectivity index (χ3n) is 4.74. The molecule has 150 valence electrons. The van der Waals surface area contributed by atoms with E-state index in [1.165, 1.54) is 30.6 Å².